The molecule has 20 nitrogen and oxygen atoms in total. The lowest BCUT2D eigenvalue weighted by molar-refractivity contribution is -0.140. The van der Waals surface area contributed by atoms with Crippen LogP contribution in [0.2, 0.25) is 0 Å². The van der Waals surface area contributed by atoms with Crippen LogP contribution in [0.3, 0.4) is 0 Å². The van der Waals surface area contributed by atoms with E-state index < -0.39 is 78.4 Å². The van der Waals surface area contributed by atoms with Crippen molar-refractivity contribution in [3.05, 3.63) is 0 Å². The molecule has 0 aliphatic heterocycles. The van der Waals surface area contributed by atoms with E-state index in [4.69, 9.17) is 39.5 Å². The maximum atomic E-state index is 13.3. The highest BCUT2D eigenvalue weighted by molar-refractivity contribution is 6.01. The quantitative estimate of drug-likeness (QED) is 0.0229. The molecule has 6 amide bonds. The maximum absolute atomic E-state index is 13.3. The number of rotatable bonds is 22. The second kappa shape index (κ2) is 20.7. The Kier molecular flexibility index (Phi) is 18.3. The Morgan fingerprint density at radius 1 is 0.622 bits per heavy atom. The average Bonchev–Trinajstić information content (AvgIpc) is 2.89. The number of amides is 6. The molecule has 0 saturated heterocycles. The summed E-state index contributed by atoms with van der Waals surface area (Å²) in [4.78, 5) is 93.4. The number of nitrogens with zero attached hydrogens (tertiary/aromatic N) is 2. The van der Waals surface area contributed by atoms with E-state index in [2.05, 4.69) is 31.3 Å². The fraction of sp³-hybridized carbons (Fsp3) is 0.640. The molecule has 0 aliphatic carbocycles. The molecule has 4 unspecified atom stereocenters. The Hall–Kier alpha value is -5.17. The van der Waals surface area contributed by atoms with Crippen LogP contribution in [0.4, 0.5) is 0 Å². The lowest BCUT2D eigenvalue weighted by atomic mass is 10.0. The number of carbonyl (C=O) groups excluding carboxylic acids is 6. The number of nitrogens with two attached hydrogens (primary N) is 6. The number of hydrogen-bond acceptors (Lipinski definition) is 9. The maximum Gasteiger partial charge on any atom is 0.305 e. The minimum atomic E-state index is -1.56. The van der Waals surface area contributed by atoms with Crippen molar-refractivity contribution in [3.63, 3.8) is 0 Å². The van der Waals surface area contributed by atoms with Gasteiger partial charge in [-0.1, -0.05) is 13.8 Å². The number of primary amides is 2. The molecule has 0 saturated carbocycles. The zero-order chi connectivity index (χ0) is 34.7. The highest BCUT2D eigenvalue weighted by Crippen LogP contribution is 2.09. The number of guanidine groups is 2. The number of aliphatic carboxylic acids is 1. The summed E-state index contributed by atoms with van der Waals surface area (Å²) in [5, 5.41) is 18.4. The zero-order valence-electron chi connectivity index (χ0n) is 25.4. The molecule has 4 atom stereocenters. The minimum Gasteiger partial charge on any atom is -0.481 e. The molecule has 0 aromatic carbocycles. The van der Waals surface area contributed by atoms with Crippen LogP contribution in [-0.2, 0) is 33.6 Å². The number of aliphatic imine (C=N–C) groups is 2. The van der Waals surface area contributed by atoms with E-state index in [1.807, 2.05) is 0 Å². The van der Waals surface area contributed by atoms with Gasteiger partial charge in [0.05, 0.1) is 6.42 Å². The SMILES string of the molecule is CC(C)CC(NC(=O)C(CCCN=C(N)N)NC(=O)CC(=O)NC(CC(=O)O)C(N)=O)C(=O)NC(CCCN=C(N)N)C(N)=O. The Labute approximate surface area is 259 Å². The summed E-state index contributed by atoms with van der Waals surface area (Å²) >= 11 is 0. The van der Waals surface area contributed by atoms with Gasteiger partial charge in [0, 0.05) is 13.1 Å². The van der Waals surface area contributed by atoms with Gasteiger partial charge in [0.25, 0.3) is 0 Å². The zero-order valence-corrected chi connectivity index (χ0v) is 25.4. The third-order valence-corrected chi connectivity index (χ3v) is 5.92. The van der Waals surface area contributed by atoms with E-state index in [9.17, 15) is 33.6 Å². The summed E-state index contributed by atoms with van der Waals surface area (Å²) < 4.78 is 0. The highest BCUT2D eigenvalue weighted by atomic mass is 16.4. The smallest absolute Gasteiger partial charge is 0.305 e. The van der Waals surface area contributed by atoms with Crippen LogP contribution in [0, 0.1) is 5.92 Å². The topological polar surface area (TPSA) is 369 Å². The summed E-state index contributed by atoms with van der Waals surface area (Å²) in [5.74, 6) is -7.24. The molecule has 0 radical (unpaired) electrons. The number of carbonyl (C=O) groups is 7. The second-order valence-electron chi connectivity index (χ2n) is 10.5. The van der Waals surface area contributed by atoms with Crippen LogP contribution >= 0.6 is 0 Å². The monoisotopic (exact) mass is 642 g/mol. The molecular formula is C25H46N12O8. The molecule has 0 bridgehead atoms. The molecule has 0 rings (SSSR count). The summed E-state index contributed by atoms with van der Waals surface area (Å²) in [6.07, 6.45) is -0.918. The van der Waals surface area contributed by atoms with Crippen LogP contribution < -0.4 is 55.7 Å². The van der Waals surface area contributed by atoms with Gasteiger partial charge in [0.15, 0.2) is 11.9 Å². The van der Waals surface area contributed by atoms with E-state index in [1.165, 1.54) is 0 Å². The van der Waals surface area contributed by atoms with E-state index in [1.54, 1.807) is 13.8 Å². The summed E-state index contributed by atoms with van der Waals surface area (Å²) in [6.45, 7) is 3.87. The average molecular weight is 643 g/mol. The normalized spacial score (nSPS) is 13.2. The Morgan fingerprint density at radius 2 is 1.04 bits per heavy atom. The Balaban J connectivity index is 5.73. The van der Waals surface area contributed by atoms with Gasteiger partial charge in [-0.05, 0) is 38.0 Å². The van der Waals surface area contributed by atoms with Crippen molar-refractivity contribution < 1.29 is 38.7 Å². The molecule has 0 spiro atoms. The number of hydrogen-bond donors (Lipinski definition) is 11. The first-order chi connectivity index (χ1) is 20.9. The molecule has 0 aromatic heterocycles. The molecule has 17 N–H and O–H groups in total. The Bertz CT molecular complexity index is 1120. The van der Waals surface area contributed by atoms with E-state index >= 15 is 0 Å². The van der Waals surface area contributed by atoms with Gasteiger partial charge in [-0.15, -0.1) is 0 Å². The highest BCUT2D eigenvalue weighted by Gasteiger charge is 2.30. The third-order valence-electron chi connectivity index (χ3n) is 5.92. The van der Waals surface area contributed by atoms with Gasteiger partial charge in [-0.3, -0.25) is 43.5 Å². The van der Waals surface area contributed by atoms with Crippen LogP contribution in [0.25, 0.3) is 0 Å². The molecule has 0 fully saturated rings. The van der Waals surface area contributed by atoms with Crippen molar-refractivity contribution in [1.29, 1.82) is 0 Å². The van der Waals surface area contributed by atoms with Crippen LogP contribution in [0.15, 0.2) is 9.98 Å². The van der Waals surface area contributed by atoms with Gasteiger partial charge in [-0.25, -0.2) is 0 Å². The summed E-state index contributed by atoms with van der Waals surface area (Å²) in [5.41, 5.74) is 31.8. The van der Waals surface area contributed by atoms with Gasteiger partial charge in [0.2, 0.25) is 35.4 Å². The summed E-state index contributed by atoms with van der Waals surface area (Å²) in [7, 11) is 0. The minimum absolute atomic E-state index is 0.0242. The fourth-order valence-electron chi connectivity index (χ4n) is 3.84. The van der Waals surface area contributed by atoms with Gasteiger partial charge in [0.1, 0.15) is 30.6 Å². The number of nitrogens with one attached hydrogen (secondary N) is 4. The van der Waals surface area contributed by atoms with Crippen molar-refractivity contribution >= 4 is 53.3 Å². The van der Waals surface area contributed by atoms with Crippen molar-refractivity contribution in [3.8, 4) is 0 Å². The van der Waals surface area contributed by atoms with Gasteiger partial charge >= 0.3 is 5.97 Å². The first-order valence-corrected chi connectivity index (χ1v) is 14.0. The molecule has 45 heavy (non-hydrogen) atoms. The van der Waals surface area contributed by atoms with Gasteiger partial charge < -0.3 is 60.8 Å². The number of carboxylic acids is 1. The van der Waals surface area contributed by atoms with Crippen LogP contribution in [-0.4, -0.2) is 95.7 Å². The van der Waals surface area contributed by atoms with E-state index in [0.29, 0.717) is 6.42 Å². The molecule has 0 aliphatic rings. The third kappa shape index (κ3) is 18.9. The molecule has 254 valence electrons. The van der Waals surface area contributed by atoms with Crippen molar-refractivity contribution in [2.75, 3.05) is 13.1 Å². The van der Waals surface area contributed by atoms with Gasteiger partial charge in [-0.2, -0.15) is 0 Å². The van der Waals surface area contributed by atoms with E-state index in [-0.39, 0.29) is 56.6 Å². The van der Waals surface area contributed by atoms with Crippen molar-refractivity contribution in [1.82, 2.24) is 21.3 Å². The largest absolute Gasteiger partial charge is 0.481 e. The second-order valence-corrected chi connectivity index (χ2v) is 10.5. The standard InChI is InChI=1S/C25H46N12O8/c1-12(2)9-16(23(45)36-13(20(26)42)5-3-7-32-24(28)29)37-22(44)14(6-4-8-33-25(30)31)34-17(38)11-18(39)35-15(21(27)43)10-19(40)41/h12-16H,3-11H2,1-2H3,(H2,26,42)(H2,27,43)(H,34,38)(H,35,39)(H,36,45)(H,37,44)(H,40,41)(H4,28,29,32)(H4,30,31,33). The molecular weight excluding hydrogens is 596 g/mol. The molecule has 20 heteroatoms. The molecule has 0 heterocycles. The van der Waals surface area contributed by atoms with Crippen molar-refractivity contribution in [2.24, 2.45) is 50.3 Å². The van der Waals surface area contributed by atoms with E-state index in [0.717, 1.165) is 0 Å². The number of carboxylic acid groups (broad SMARTS) is 1. The predicted octanol–water partition coefficient (Wildman–Crippen LogP) is -5.09. The van der Waals surface area contributed by atoms with Crippen LogP contribution in [0.1, 0.15) is 58.8 Å². The predicted molar refractivity (Wildman–Crippen MR) is 162 cm³/mol. The van der Waals surface area contributed by atoms with Crippen molar-refractivity contribution in [2.45, 2.75) is 83.0 Å². The fourth-order valence-corrected chi connectivity index (χ4v) is 3.84. The Morgan fingerprint density at radius 3 is 1.47 bits per heavy atom. The lowest BCUT2D eigenvalue weighted by Crippen LogP contribution is -2.57. The first-order valence-electron chi connectivity index (χ1n) is 14.0. The molecule has 0 aromatic rings. The van der Waals surface area contributed by atoms with Crippen LogP contribution in [0.5, 0.6) is 0 Å². The summed E-state index contributed by atoms with van der Waals surface area (Å²) in [6, 6.07) is -5.08. The first kappa shape index (κ1) is 39.8. The lowest BCUT2D eigenvalue weighted by Gasteiger charge is -2.26.